The Labute approximate surface area is 182 Å². The number of fused-ring (bicyclic) bond motifs is 1. The van der Waals surface area contributed by atoms with Gasteiger partial charge in [0.25, 0.3) is 0 Å². The molecule has 30 heavy (non-hydrogen) atoms. The lowest BCUT2D eigenvalue weighted by Gasteiger charge is -2.36. The monoisotopic (exact) mass is 456 g/mol. The van der Waals surface area contributed by atoms with Crippen LogP contribution in [0, 0.1) is 5.82 Å². The van der Waals surface area contributed by atoms with Crippen LogP contribution in [0.25, 0.3) is 10.9 Å². The molecule has 5 aromatic rings. The Bertz CT molecular complexity index is 1200. The quantitative estimate of drug-likeness (QED) is 0.272. The summed E-state index contributed by atoms with van der Waals surface area (Å²) in [5.74, 6) is -0.315. The second-order valence-electron chi connectivity index (χ2n) is 7.20. The fourth-order valence-electron chi connectivity index (χ4n) is 4.16. The number of hydrogen-bond acceptors (Lipinski definition) is 1. The van der Waals surface area contributed by atoms with Crippen molar-refractivity contribution in [2.45, 2.75) is 5.54 Å². The van der Waals surface area contributed by atoms with Gasteiger partial charge in [-0.3, -0.25) is 4.68 Å². The Morgan fingerprint density at radius 1 is 0.700 bits per heavy atom. The predicted octanol–water partition coefficient (Wildman–Crippen LogP) is 6.78. The zero-order chi connectivity index (χ0) is 20.6. The van der Waals surface area contributed by atoms with Gasteiger partial charge in [-0.2, -0.15) is 5.10 Å². The van der Waals surface area contributed by atoms with Crippen LogP contribution >= 0.6 is 15.9 Å². The lowest BCUT2D eigenvalue weighted by molar-refractivity contribution is 0.464. The molecule has 0 radical (unpaired) electrons. The topological polar surface area (TPSA) is 17.8 Å². The van der Waals surface area contributed by atoms with E-state index in [1.54, 1.807) is 0 Å². The summed E-state index contributed by atoms with van der Waals surface area (Å²) >= 11 is 3.50. The number of benzene rings is 4. The predicted molar refractivity (Wildman–Crippen MR) is 122 cm³/mol. The highest BCUT2D eigenvalue weighted by Gasteiger charge is 2.39. The van der Waals surface area contributed by atoms with Crippen molar-refractivity contribution in [2.75, 3.05) is 0 Å². The van der Waals surface area contributed by atoms with E-state index in [0.717, 1.165) is 22.1 Å². The largest absolute Gasteiger partial charge is 0.252 e. The summed E-state index contributed by atoms with van der Waals surface area (Å²) in [6, 6.07) is 33.9. The molecule has 0 unspecified atom stereocenters. The van der Waals surface area contributed by atoms with E-state index in [9.17, 15) is 4.39 Å². The first-order chi connectivity index (χ1) is 14.7. The molecule has 146 valence electrons. The van der Waals surface area contributed by atoms with Crippen LogP contribution in [0.4, 0.5) is 4.39 Å². The maximum atomic E-state index is 14.1. The highest BCUT2D eigenvalue weighted by molar-refractivity contribution is 9.10. The maximum Gasteiger partial charge on any atom is 0.138 e. The highest BCUT2D eigenvalue weighted by Crippen LogP contribution is 2.41. The standard InChI is InChI=1S/C26H18BrFN2/c27-24-16-22(28)17-25-23(24)18-30(29-25)26(19-10-4-1-5-11-19,20-12-6-2-7-13-20)21-14-8-3-9-15-21/h1-18H. The molecule has 0 spiro atoms. The summed E-state index contributed by atoms with van der Waals surface area (Å²) in [5, 5.41) is 5.75. The SMILES string of the molecule is Fc1cc(Br)c2cn(C(c3ccccc3)(c3ccccc3)c3ccccc3)nc2c1. The molecule has 0 aliphatic heterocycles. The maximum absolute atomic E-state index is 14.1. The minimum absolute atomic E-state index is 0.315. The van der Waals surface area contributed by atoms with Crippen molar-refractivity contribution in [2.24, 2.45) is 0 Å². The molecular weight excluding hydrogens is 439 g/mol. The van der Waals surface area contributed by atoms with E-state index >= 15 is 0 Å². The first kappa shape index (κ1) is 18.8. The van der Waals surface area contributed by atoms with Gasteiger partial charge >= 0.3 is 0 Å². The Morgan fingerprint density at radius 2 is 1.17 bits per heavy atom. The van der Waals surface area contributed by atoms with Gasteiger partial charge in [0.05, 0.1) is 5.52 Å². The zero-order valence-electron chi connectivity index (χ0n) is 16.0. The molecule has 0 bridgehead atoms. The van der Waals surface area contributed by atoms with Gasteiger partial charge in [-0.1, -0.05) is 91.0 Å². The van der Waals surface area contributed by atoms with Crippen LogP contribution in [0.3, 0.4) is 0 Å². The Kier molecular flexibility index (Phi) is 4.72. The number of rotatable bonds is 4. The number of halogens is 2. The molecule has 0 saturated heterocycles. The van der Waals surface area contributed by atoms with Gasteiger partial charge in [-0.25, -0.2) is 4.39 Å². The van der Waals surface area contributed by atoms with Gasteiger partial charge in [0.15, 0.2) is 0 Å². The fourth-order valence-corrected chi connectivity index (χ4v) is 4.68. The molecule has 1 heterocycles. The second kappa shape index (κ2) is 7.54. The minimum atomic E-state index is -0.710. The van der Waals surface area contributed by atoms with Crippen molar-refractivity contribution >= 4 is 26.8 Å². The Balaban J connectivity index is 1.93. The molecule has 0 aliphatic rings. The second-order valence-corrected chi connectivity index (χ2v) is 8.06. The molecule has 2 nitrogen and oxygen atoms in total. The lowest BCUT2D eigenvalue weighted by Crippen LogP contribution is -2.38. The van der Waals surface area contributed by atoms with Crippen molar-refractivity contribution in [3.05, 3.63) is 136 Å². The third-order valence-electron chi connectivity index (χ3n) is 5.46. The van der Waals surface area contributed by atoms with Crippen molar-refractivity contribution in [1.29, 1.82) is 0 Å². The zero-order valence-corrected chi connectivity index (χ0v) is 17.6. The summed E-state index contributed by atoms with van der Waals surface area (Å²) in [4.78, 5) is 0. The third kappa shape index (κ3) is 2.96. The molecule has 0 atom stereocenters. The van der Waals surface area contributed by atoms with Gasteiger partial charge < -0.3 is 0 Å². The van der Waals surface area contributed by atoms with E-state index in [1.807, 2.05) is 65.5 Å². The molecular formula is C26H18BrFN2. The summed E-state index contributed by atoms with van der Waals surface area (Å²) in [6.07, 6.45) is 1.99. The summed E-state index contributed by atoms with van der Waals surface area (Å²) in [7, 11) is 0. The summed E-state index contributed by atoms with van der Waals surface area (Å²) in [5.41, 5.74) is 3.12. The van der Waals surface area contributed by atoms with E-state index in [0.29, 0.717) is 9.99 Å². The Morgan fingerprint density at radius 3 is 1.63 bits per heavy atom. The average molecular weight is 457 g/mol. The third-order valence-corrected chi connectivity index (χ3v) is 6.11. The lowest BCUT2D eigenvalue weighted by atomic mass is 9.77. The molecule has 4 heteroatoms. The van der Waals surface area contributed by atoms with Gasteiger partial charge in [-0.15, -0.1) is 0 Å². The van der Waals surface area contributed by atoms with Crippen LogP contribution in [-0.2, 0) is 5.54 Å². The molecule has 0 amide bonds. The average Bonchev–Trinajstić information content (AvgIpc) is 3.21. The van der Waals surface area contributed by atoms with Crippen molar-refractivity contribution in [3.8, 4) is 0 Å². The number of nitrogens with zero attached hydrogens (tertiary/aromatic N) is 2. The van der Waals surface area contributed by atoms with E-state index in [2.05, 4.69) is 52.3 Å². The highest BCUT2D eigenvalue weighted by atomic mass is 79.9. The van der Waals surface area contributed by atoms with E-state index in [4.69, 9.17) is 5.10 Å². The van der Waals surface area contributed by atoms with Crippen LogP contribution in [0.15, 0.2) is 114 Å². The summed E-state index contributed by atoms with van der Waals surface area (Å²) < 4.78 is 16.7. The van der Waals surface area contributed by atoms with Crippen molar-refractivity contribution in [1.82, 2.24) is 9.78 Å². The molecule has 4 aromatic carbocycles. The fraction of sp³-hybridized carbons (Fsp3) is 0.0385. The smallest absolute Gasteiger partial charge is 0.138 e. The van der Waals surface area contributed by atoms with Gasteiger partial charge in [0.1, 0.15) is 11.4 Å². The number of aromatic nitrogens is 2. The van der Waals surface area contributed by atoms with Gasteiger partial charge in [0.2, 0.25) is 0 Å². The van der Waals surface area contributed by atoms with Crippen LogP contribution in [0.1, 0.15) is 16.7 Å². The number of hydrogen-bond donors (Lipinski definition) is 0. The van der Waals surface area contributed by atoms with Crippen LogP contribution in [0.5, 0.6) is 0 Å². The first-order valence-corrected chi connectivity index (χ1v) is 10.5. The molecule has 0 aliphatic carbocycles. The molecule has 5 rings (SSSR count). The first-order valence-electron chi connectivity index (χ1n) is 9.71. The van der Waals surface area contributed by atoms with Gasteiger partial charge in [-0.05, 0) is 38.7 Å². The van der Waals surface area contributed by atoms with Crippen LogP contribution in [0.2, 0.25) is 0 Å². The van der Waals surface area contributed by atoms with Crippen LogP contribution in [-0.4, -0.2) is 9.78 Å². The molecule has 0 fully saturated rings. The van der Waals surface area contributed by atoms with Gasteiger partial charge in [0, 0.05) is 22.1 Å². The van der Waals surface area contributed by atoms with E-state index < -0.39 is 5.54 Å². The Hall–Kier alpha value is -3.24. The normalized spacial score (nSPS) is 11.7. The van der Waals surface area contributed by atoms with Crippen molar-refractivity contribution in [3.63, 3.8) is 0 Å². The molecule has 0 N–H and O–H groups in total. The minimum Gasteiger partial charge on any atom is -0.252 e. The van der Waals surface area contributed by atoms with Crippen LogP contribution < -0.4 is 0 Å². The van der Waals surface area contributed by atoms with Crippen molar-refractivity contribution < 1.29 is 4.39 Å². The molecule has 0 saturated carbocycles. The van der Waals surface area contributed by atoms with E-state index in [-0.39, 0.29) is 5.82 Å². The molecule has 1 aromatic heterocycles. The van der Waals surface area contributed by atoms with E-state index in [1.165, 1.54) is 12.1 Å². The summed E-state index contributed by atoms with van der Waals surface area (Å²) in [6.45, 7) is 0.